The lowest BCUT2D eigenvalue weighted by Crippen LogP contribution is -2.30. The van der Waals surface area contributed by atoms with Crippen molar-refractivity contribution in [3.8, 4) is 0 Å². The summed E-state index contributed by atoms with van der Waals surface area (Å²) in [5, 5.41) is 0. The van der Waals surface area contributed by atoms with E-state index in [-0.39, 0.29) is 37.5 Å². The van der Waals surface area contributed by atoms with Crippen LogP contribution in [0.2, 0.25) is 0 Å². The molecule has 0 aliphatic carbocycles. The van der Waals surface area contributed by atoms with Crippen molar-refractivity contribution in [2.24, 2.45) is 0 Å². The third kappa shape index (κ3) is 51.4. The van der Waals surface area contributed by atoms with Crippen LogP contribution in [0.15, 0.2) is 85.1 Å². The second-order valence-electron chi connectivity index (χ2n) is 17.8. The van der Waals surface area contributed by atoms with Crippen LogP contribution in [-0.4, -0.2) is 37.2 Å². The molecular formula is C59H100O6. The fourth-order valence-electron chi connectivity index (χ4n) is 7.33. The number of ether oxygens (including phenoxy) is 3. The third-order valence-electron chi connectivity index (χ3n) is 11.4. The smallest absolute Gasteiger partial charge is 0.306 e. The van der Waals surface area contributed by atoms with E-state index in [4.69, 9.17) is 14.2 Å². The molecule has 0 aromatic rings. The number of allylic oxidation sites excluding steroid dienone is 14. The van der Waals surface area contributed by atoms with E-state index in [0.717, 1.165) is 103 Å². The van der Waals surface area contributed by atoms with E-state index in [1.165, 1.54) is 103 Å². The number of hydrogen-bond donors (Lipinski definition) is 0. The first-order chi connectivity index (χ1) is 32.0. The Labute approximate surface area is 401 Å². The van der Waals surface area contributed by atoms with Crippen LogP contribution < -0.4 is 0 Å². The van der Waals surface area contributed by atoms with Crippen molar-refractivity contribution in [1.82, 2.24) is 0 Å². The van der Waals surface area contributed by atoms with Crippen molar-refractivity contribution < 1.29 is 28.6 Å². The molecule has 0 aliphatic heterocycles. The van der Waals surface area contributed by atoms with Crippen LogP contribution in [0.3, 0.4) is 0 Å². The highest BCUT2D eigenvalue weighted by molar-refractivity contribution is 5.71. The van der Waals surface area contributed by atoms with Crippen molar-refractivity contribution in [3.63, 3.8) is 0 Å². The van der Waals surface area contributed by atoms with Gasteiger partial charge < -0.3 is 14.2 Å². The Morgan fingerprint density at radius 2 is 0.615 bits per heavy atom. The first-order valence-electron chi connectivity index (χ1n) is 27.1. The summed E-state index contributed by atoms with van der Waals surface area (Å²) in [6, 6.07) is 0. The average Bonchev–Trinajstić information content (AvgIpc) is 3.30. The quantitative estimate of drug-likeness (QED) is 0.0262. The van der Waals surface area contributed by atoms with Gasteiger partial charge in [-0.05, 0) is 89.9 Å². The highest BCUT2D eigenvalue weighted by Crippen LogP contribution is 2.15. The van der Waals surface area contributed by atoms with Crippen LogP contribution in [0.25, 0.3) is 0 Å². The van der Waals surface area contributed by atoms with Crippen LogP contribution >= 0.6 is 0 Å². The van der Waals surface area contributed by atoms with Crippen molar-refractivity contribution in [3.05, 3.63) is 85.1 Å². The fourth-order valence-corrected chi connectivity index (χ4v) is 7.33. The van der Waals surface area contributed by atoms with E-state index >= 15 is 0 Å². The van der Waals surface area contributed by atoms with E-state index in [2.05, 4.69) is 106 Å². The standard InChI is InChI=1S/C59H100O6/c1-4-7-10-13-16-19-22-25-28-29-32-34-37-40-43-46-49-52-58(61)64-55-56(65-59(62)53-50-47-44-41-38-35-31-27-24-21-18-15-12-9-6-3)54-63-57(60)51-48-45-42-39-36-33-30-26-23-20-17-14-11-8-5-2/h8,11,16-17,19-20,25-26,28,30,32,34,40,43,56H,4-7,9-10,12-15,18,21-24,27,29,31,33,35-39,41-42,44-55H2,1-3H3/t56-/m0/s1. The molecule has 1 atom stereocenters. The normalized spacial score (nSPS) is 12.7. The Hall–Kier alpha value is -3.41. The van der Waals surface area contributed by atoms with Crippen LogP contribution in [0, 0.1) is 0 Å². The van der Waals surface area contributed by atoms with Gasteiger partial charge in [-0.2, -0.15) is 0 Å². The molecule has 0 heterocycles. The minimum absolute atomic E-state index is 0.101. The Bertz CT molecular complexity index is 1270. The van der Waals surface area contributed by atoms with E-state index in [9.17, 15) is 14.4 Å². The first-order valence-corrected chi connectivity index (χ1v) is 27.1. The van der Waals surface area contributed by atoms with Gasteiger partial charge in [0.1, 0.15) is 13.2 Å². The van der Waals surface area contributed by atoms with Crippen molar-refractivity contribution in [1.29, 1.82) is 0 Å². The summed E-state index contributed by atoms with van der Waals surface area (Å²) >= 11 is 0. The van der Waals surface area contributed by atoms with Gasteiger partial charge in [0, 0.05) is 19.3 Å². The Morgan fingerprint density at radius 3 is 1.03 bits per heavy atom. The number of rotatable bonds is 48. The second kappa shape index (κ2) is 53.2. The first kappa shape index (κ1) is 61.6. The molecule has 0 rings (SSSR count). The molecule has 0 amide bonds. The molecule has 0 bridgehead atoms. The van der Waals surface area contributed by atoms with Crippen LogP contribution in [-0.2, 0) is 28.6 Å². The van der Waals surface area contributed by atoms with Gasteiger partial charge in [-0.3, -0.25) is 14.4 Å². The molecule has 0 aliphatic rings. The SMILES string of the molecule is CCC=CCC=CCC=CCCCCCCCC(=O)OC[C@@H](COC(=O)CCCC=CCC=CCC=CCC=CCCCCC)OC(=O)CCCCCCCCCCCCCCCCC. The fraction of sp³-hybridized carbons (Fsp3) is 0.712. The zero-order chi connectivity index (χ0) is 47.2. The molecule has 6 nitrogen and oxygen atoms in total. The summed E-state index contributed by atoms with van der Waals surface area (Å²) in [6.07, 6.45) is 68.5. The summed E-state index contributed by atoms with van der Waals surface area (Å²) in [6.45, 7) is 6.44. The number of carbonyl (C=O) groups is 3. The predicted octanol–water partition coefficient (Wildman–Crippen LogP) is 18.0. The minimum atomic E-state index is -0.804. The van der Waals surface area contributed by atoms with E-state index in [1.807, 2.05) is 0 Å². The number of esters is 3. The Kier molecular flexibility index (Phi) is 50.4. The summed E-state index contributed by atoms with van der Waals surface area (Å²) in [5.41, 5.74) is 0. The van der Waals surface area contributed by atoms with Gasteiger partial charge in [-0.1, -0.05) is 228 Å². The molecule has 0 spiro atoms. The van der Waals surface area contributed by atoms with Crippen LogP contribution in [0.1, 0.15) is 252 Å². The number of hydrogen-bond acceptors (Lipinski definition) is 6. The van der Waals surface area contributed by atoms with Crippen LogP contribution in [0.4, 0.5) is 0 Å². The summed E-state index contributed by atoms with van der Waals surface area (Å²) in [5.74, 6) is -0.970. The highest BCUT2D eigenvalue weighted by atomic mass is 16.6. The van der Waals surface area contributed by atoms with Crippen molar-refractivity contribution in [2.45, 2.75) is 258 Å². The van der Waals surface area contributed by atoms with Crippen molar-refractivity contribution >= 4 is 17.9 Å². The monoisotopic (exact) mass is 905 g/mol. The van der Waals surface area contributed by atoms with Gasteiger partial charge in [0.05, 0.1) is 0 Å². The van der Waals surface area contributed by atoms with Gasteiger partial charge in [-0.15, -0.1) is 0 Å². The minimum Gasteiger partial charge on any atom is -0.462 e. The molecule has 0 aromatic heterocycles. The lowest BCUT2D eigenvalue weighted by molar-refractivity contribution is -0.167. The van der Waals surface area contributed by atoms with Crippen LogP contribution in [0.5, 0.6) is 0 Å². The predicted molar refractivity (Wildman–Crippen MR) is 279 cm³/mol. The Morgan fingerprint density at radius 1 is 0.323 bits per heavy atom. The summed E-state index contributed by atoms with van der Waals surface area (Å²) in [7, 11) is 0. The molecule has 0 aromatic carbocycles. The number of carbonyl (C=O) groups excluding carboxylic acids is 3. The second-order valence-corrected chi connectivity index (χ2v) is 17.8. The molecular weight excluding hydrogens is 805 g/mol. The van der Waals surface area contributed by atoms with E-state index < -0.39 is 6.10 Å². The zero-order valence-electron chi connectivity index (χ0n) is 42.5. The molecule has 6 heteroatoms. The largest absolute Gasteiger partial charge is 0.462 e. The molecule has 0 N–H and O–H groups in total. The molecule has 0 radical (unpaired) electrons. The number of unbranched alkanes of at least 4 members (excludes halogenated alkanes) is 23. The lowest BCUT2D eigenvalue weighted by Gasteiger charge is -2.18. The average molecular weight is 905 g/mol. The molecule has 0 saturated carbocycles. The summed E-state index contributed by atoms with van der Waals surface area (Å²) < 4.78 is 16.8. The van der Waals surface area contributed by atoms with Gasteiger partial charge >= 0.3 is 17.9 Å². The van der Waals surface area contributed by atoms with Gasteiger partial charge in [0.25, 0.3) is 0 Å². The zero-order valence-corrected chi connectivity index (χ0v) is 42.5. The van der Waals surface area contributed by atoms with Gasteiger partial charge in [-0.25, -0.2) is 0 Å². The topological polar surface area (TPSA) is 78.9 Å². The van der Waals surface area contributed by atoms with Crippen molar-refractivity contribution in [2.75, 3.05) is 13.2 Å². The molecule has 0 saturated heterocycles. The molecule has 372 valence electrons. The van der Waals surface area contributed by atoms with Gasteiger partial charge in [0.15, 0.2) is 6.10 Å². The summed E-state index contributed by atoms with van der Waals surface area (Å²) in [4.78, 5) is 38.0. The maximum absolute atomic E-state index is 12.8. The molecule has 0 unspecified atom stereocenters. The maximum atomic E-state index is 12.8. The Balaban J connectivity index is 4.49. The highest BCUT2D eigenvalue weighted by Gasteiger charge is 2.19. The molecule has 65 heavy (non-hydrogen) atoms. The van der Waals surface area contributed by atoms with Gasteiger partial charge in [0.2, 0.25) is 0 Å². The van der Waals surface area contributed by atoms with E-state index in [1.54, 1.807) is 0 Å². The van der Waals surface area contributed by atoms with E-state index in [0.29, 0.717) is 19.3 Å². The maximum Gasteiger partial charge on any atom is 0.306 e. The lowest BCUT2D eigenvalue weighted by atomic mass is 10.0. The third-order valence-corrected chi connectivity index (χ3v) is 11.4. The molecule has 0 fully saturated rings.